The van der Waals surface area contributed by atoms with Gasteiger partial charge in [-0.3, -0.25) is 9.59 Å². The summed E-state index contributed by atoms with van der Waals surface area (Å²) < 4.78 is 15.8. The van der Waals surface area contributed by atoms with Crippen molar-refractivity contribution in [1.29, 1.82) is 0 Å². The summed E-state index contributed by atoms with van der Waals surface area (Å²) in [4.78, 5) is 26.0. The molecule has 0 aliphatic heterocycles. The van der Waals surface area contributed by atoms with Crippen LogP contribution in [-0.2, 0) is 16.1 Å². The van der Waals surface area contributed by atoms with Gasteiger partial charge in [0, 0.05) is 6.07 Å². The van der Waals surface area contributed by atoms with Gasteiger partial charge in [-0.1, -0.05) is 12.2 Å². The summed E-state index contributed by atoms with van der Waals surface area (Å²) in [7, 11) is 3.11. The zero-order valence-electron chi connectivity index (χ0n) is 16.4. The van der Waals surface area contributed by atoms with Crippen LogP contribution in [0.2, 0.25) is 0 Å². The van der Waals surface area contributed by atoms with E-state index in [0.717, 1.165) is 6.42 Å². The third kappa shape index (κ3) is 3.72. The summed E-state index contributed by atoms with van der Waals surface area (Å²) in [5.74, 6) is 0.837. The average Bonchev–Trinajstić information content (AvgIpc) is 3.49. The van der Waals surface area contributed by atoms with Gasteiger partial charge in [0.05, 0.1) is 44.6 Å². The summed E-state index contributed by atoms with van der Waals surface area (Å²) in [5.41, 5.74) is 0.555. The minimum Gasteiger partial charge on any atom is -0.497 e. The molecule has 152 valence electrons. The lowest BCUT2D eigenvalue weighted by atomic mass is 9.81. The highest BCUT2D eigenvalue weighted by atomic mass is 16.5. The lowest BCUT2D eigenvalue weighted by Crippen LogP contribution is -2.41. The highest BCUT2D eigenvalue weighted by molar-refractivity contribution is 5.98. The maximum absolute atomic E-state index is 13.1. The van der Waals surface area contributed by atoms with Crippen LogP contribution < -0.4 is 20.1 Å². The van der Waals surface area contributed by atoms with E-state index in [1.807, 2.05) is 0 Å². The average molecular weight is 396 g/mol. The molecular formula is C22H24N2O5. The van der Waals surface area contributed by atoms with Gasteiger partial charge in [0.25, 0.3) is 0 Å². The number of furan rings is 1. The van der Waals surface area contributed by atoms with Gasteiger partial charge >= 0.3 is 0 Å². The Morgan fingerprint density at radius 3 is 2.48 bits per heavy atom. The Bertz CT molecular complexity index is 921. The number of carbonyl (C=O) groups excluding carboxylic acids is 2. The topological polar surface area (TPSA) is 89.8 Å². The van der Waals surface area contributed by atoms with Crippen LogP contribution >= 0.6 is 0 Å². The summed E-state index contributed by atoms with van der Waals surface area (Å²) in [6, 6.07) is 8.79. The molecule has 0 radical (unpaired) electrons. The quantitative estimate of drug-likeness (QED) is 0.703. The second kappa shape index (κ2) is 8.03. The van der Waals surface area contributed by atoms with E-state index < -0.39 is 11.8 Å². The molecule has 1 saturated carbocycles. The van der Waals surface area contributed by atoms with Crippen molar-refractivity contribution in [2.75, 3.05) is 19.5 Å². The molecule has 7 nitrogen and oxygen atoms in total. The van der Waals surface area contributed by atoms with Gasteiger partial charge in [-0.2, -0.15) is 0 Å². The zero-order valence-corrected chi connectivity index (χ0v) is 16.4. The molecule has 2 aromatic rings. The van der Waals surface area contributed by atoms with Crippen molar-refractivity contribution in [2.24, 2.45) is 23.7 Å². The molecule has 7 heteroatoms. The van der Waals surface area contributed by atoms with Crippen molar-refractivity contribution in [3.8, 4) is 11.5 Å². The van der Waals surface area contributed by atoms with Gasteiger partial charge in [-0.05, 0) is 42.5 Å². The van der Waals surface area contributed by atoms with Crippen LogP contribution in [0.4, 0.5) is 5.69 Å². The molecule has 2 aliphatic rings. The van der Waals surface area contributed by atoms with E-state index >= 15 is 0 Å². The Morgan fingerprint density at radius 2 is 1.83 bits per heavy atom. The number of nitrogens with one attached hydrogen (secondary N) is 2. The van der Waals surface area contributed by atoms with Crippen molar-refractivity contribution in [1.82, 2.24) is 5.32 Å². The minimum absolute atomic E-state index is 0.0589. The van der Waals surface area contributed by atoms with E-state index in [1.165, 1.54) is 7.11 Å². The summed E-state index contributed by atoms with van der Waals surface area (Å²) >= 11 is 0. The van der Waals surface area contributed by atoms with E-state index in [0.29, 0.717) is 29.5 Å². The maximum Gasteiger partial charge on any atom is 0.229 e. The maximum atomic E-state index is 13.1. The fourth-order valence-corrected chi connectivity index (χ4v) is 4.36. The summed E-state index contributed by atoms with van der Waals surface area (Å²) in [6.45, 7) is 0.310. The first-order valence-electron chi connectivity index (χ1n) is 9.62. The third-order valence-corrected chi connectivity index (χ3v) is 5.75. The van der Waals surface area contributed by atoms with E-state index in [9.17, 15) is 9.59 Å². The van der Waals surface area contributed by atoms with Crippen LogP contribution in [0.15, 0.2) is 53.2 Å². The minimum atomic E-state index is -0.423. The second-order valence-electron chi connectivity index (χ2n) is 7.35. The molecule has 29 heavy (non-hydrogen) atoms. The third-order valence-electron chi connectivity index (χ3n) is 5.75. The monoisotopic (exact) mass is 396 g/mol. The van der Waals surface area contributed by atoms with Crippen molar-refractivity contribution in [3.63, 3.8) is 0 Å². The van der Waals surface area contributed by atoms with E-state index in [2.05, 4.69) is 22.8 Å². The SMILES string of the molecule is COc1ccc(NC(=O)[C@H]2[C@@H](C(=O)NCc3ccco3)[C@H]3C=C[C@H]2C3)c(OC)c1. The number of fused-ring (bicyclic) bond motifs is 2. The first kappa shape index (κ1) is 19.1. The second-order valence-corrected chi connectivity index (χ2v) is 7.35. The lowest BCUT2D eigenvalue weighted by molar-refractivity contribution is -0.133. The molecule has 1 heterocycles. The Balaban J connectivity index is 1.49. The van der Waals surface area contributed by atoms with Crippen LogP contribution in [0.5, 0.6) is 11.5 Å². The van der Waals surface area contributed by atoms with Gasteiger partial charge in [0.15, 0.2) is 0 Å². The number of anilines is 1. The number of hydrogen-bond donors (Lipinski definition) is 2. The highest BCUT2D eigenvalue weighted by Gasteiger charge is 2.51. The van der Waals surface area contributed by atoms with E-state index in [1.54, 1.807) is 43.7 Å². The number of methoxy groups -OCH3 is 2. The van der Waals surface area contributed by atoms with E-state index in [-0.39, 0.29) is 23.7 Å². The van der Waals surface area contributed by atoms with Crippen LogP contribution in [0.25, 0.3) is 0 Å². The number of ether oxygens (including phenoxy) is 2. The predicted molar refractivity (Wildman–Crippen MR) is 106 cm³/mol. The molecule has 2 N–H and O–H groups in total. The fraction of sp³-hybridized carbons (Fsp3) is 0.364. The zero-order chi connectivity index (χ0) is 20.4. The molecule has 2 aliphatic carbocycles. The molecular weight excluding hydrogens is 372 g/mol. The van der Waals surface area contributed by atoms with Crippen LogP contribution in [-0.4, -0.2) is 26.0 Å². The number of allylic oxidation sites excluding steroid dienone is 2. The van der Waals surface area contributed by atoms with Gasteiger partial charge < -0.3 is 24.5 Å². The molecule has 1 aromatic heterocycles. The molecule has 0 spiro atoms. The van der Waals surface area contributed by atoms with Crippen molar-refractivity contribution in [2.45, 2.75) is 13.0 Å². The molecule has 0 saturated heterocycles. The van der Waals surface area contributed by atoms with Crippen LogP contribution in [0, 0.1) is 23.7 Å². The number of rotatable bonds is 7. The standard InChI is InChI=1S/C22H24N2O5/c1-27-15-7-8-17(18(11-15)28-2)24-22(26)20-14-6-5-13(10-14)19(20)21(25)23-12-16-4-3-9-29-16/h3-9,11,13-14,19-20H,10,12H2,1-2H3,(H,23,25)(H,24,26)/t13-,14-,19-,20+/m0/s1. The smallest absolute Gasteiger partial charge is 0.229 e. The van der Waals surface area contributed by atoms with Crippen LogP contribution in [0.3, 0.4) is 0 Å². The molecule has 1 fully saturated rings. The summed E-state index contributed by atoms with van der Waals surface area (Å²) in [5, 5.41) is 5.85. The van der Waals surface area contributed by atoms with Gasteiger partial charge in [-0.25, -0.2) is 0 Å². The van der Waals surface area contributed by atoms with Crippen molar-refractivity contribution in [3.05, 3.63) is 54.5 Å². The van der Waals surface area contributed by atoms with Gasteiger partial charge in [0.1, 0.15) is 17.3 Å². The Morgan fingerprint density at radius 1 is 1.07 bits per heavy atom. The van der Waals surface area contributed by atoms with Crippen molar-refractivity contribution < 1.29 is 23.5 Å². The fourth-order valence-electron chi connectivity index (χ4n) is 4.36. The molecule has 2 bridgehead atoms. The first-order chi connectivity index (χ1) is 14.1. The molecule has 4 rings (SSSR count). The Hall–Kier alpha value is -3.22. The summed E-state index contributed by atoms with van der Waals surface area (Å²) in [6.07, 6.45) is 6.49. The number of amides is 2. The van der Waals surface area contributed by atoms with Crippen LogP contribution in [0.1, 0.15) is 12.2 Å². The number of hydrogen-bond acceptors (Lipinski definition) is 5. The normalized spacial score (nSPS) is 24.3. The molecule has 2 amide bonds. The largest absolute Gasteiger partial charge is 0.497 e. The molecule has 4 atom stereocenters. The van der Waals surface area contributed by atoms with Gasteiger partial charge in [0.2, 0.25) is 11.8 Å². The highest BCUT2D eigenvalue weighted by Crippen LogP contribution is 2.48. The molecule has 0 unspecified atom stereocenters. The number of carbonyl (C=O) groups is 2. The Labute approximate surface area is 169 Å². The van der Waals surface area contributed by atoms with Crippen molar-refractivity contribution >= 4 is 17.5 Å². The predicted octanol–water partition coefficient (Wildman–Crippen LogP) is 2.99. The molecule has 1 aromatic carbocycles. The lowest BCUT2D eigenvalue weighted by Gasteiger charge is -2.26. The van der Waals surface area contributed by atoms with Gasteiger partial charge in [-0.15, -0.1) is 0 Å². The number of benzene rings is 1. The Kier molecular flexibility index (Phi) is 5.29. The first-order valence-corrected chi connectivity index (χ1v) is 9.62. The van der Waals surface area contributed by atoms with E-state index in [4.69, 9.17) is 13.9 Å².